The minimum absolute atomic E-state index is 0.316. The zero-order chi connectivity index (χ0) is 10.9. The molecule has 1 aromatic rings. The predicted molar refractivity (Wildman–Crippen MR) is 56.3 cm³/mol. The second-order valence-corrected chi connectivity index (χ2v) is 5.70. The molecule has 0 amide bonds. The number of hydrogen-bond donors (Lipinski definition) is 0. The van der Waals surface area contributed by atoms with Crippen molar-refractivity contribution in [3.05, 3.63) is 29.8 Å². The maximum atomic E-state index is 12.2. The first kappa shape index (κ1) is 10.7. The Balaban J connectivity index is 2.39. The van der Waals surface area contributed by atoms with Crippen molar-refractivity contribution in [3.63, 3.8) is 0 Å². The van der Waals surface area contributed by atoms with Crippen LogP contribution >= 0.6 is 7.60 Å². The summed E-state index contributed by atoms with van der Waals surface area (Å²) in [6.07, 6.45) is 0. The summed E-state index contributed by atoms with van der Waals surface area (Å²) in [5.41, 5.74) is 0.577. The van der Waals surface area contributed by atoms with Gasteiger partial charge in [-0.3, -0.25) is 4.57 Å². The van der Waals surface area contributed by atoms with Gasteiger partial charge in [0.05, 0.1) is 0 Å². The number of hydrogen-bond acceptors (Lipinski definition) is 4. The molecule has 1 atom stereocenters. The standard InChI is InChI=1S/C10H13O4P/c1-12-15(11,13-2)10-7-14-9-6-4-3-5-8(9)10/h3-6,10H,7H2,1-2H3. The summed E-state index contributed by atoms with van der Waals surface area (Å²) in [7, 11) is -0.298. The van der Waals surface area contributed by atoms with Gasteiger partial charge in [-0.2, -0.15) is 0 Å². The highest BCUT2D eigenvalue weighted by atomic mass is 31.2. The van der Waals surface area contributed by atoms with E-state index in [1.54, 1.807) is 0 Å². The van der Waals surface area contributed by atoms with Crippen LogP contribution in [-0.4, -0.2) is 20.8 Å². The Bertz CT molecular complexity index is 396. The van der Waals surface area contributed by atoms with Gasteiger partial charge in [0.25, 0.3) is 0 Å². The molecule has 0 aromatic heterocycles. The molecule has 0 radical (unpaired) electrons. The molecule has 1 aliphatic heterocycles. The van der Waals surface area contributed by atoms with Crippen molar-refractivity contribution in [1.29, 1.82) is 0 Å². The number of rotatable bonds is 3. The molecule has 5 heteroatoms. The lowest BCUT2D eigenvalue weighted by molar-refractivity contribution is 0.253. The molecular formula is C10H13O4P. The monoisotopic (exact) mass is 228 g/mol. The molecule has 1 aromatic carbocycles. The number of fused-ring (bicyclic) bond motifs is 1. The molecule has 0 aliphatic carbocycles. The Hall–Kier alpha value is -0.830. The third-order valence-electron chi connectivity index (χ3n) is 2.57. The first-order chi connectivity index (χ1) is 7.21. The molecule has 0 saturated heterocycles. The van der Waals surface area contributed by atoms with E-state index < -0.39 is 7.60 Å². The molecule has 1 heterocycles. The van der Waals surface area contributed by atoms with E-state index >= 15 is 0 Å². The van der Waals surface area contributed by atoms with Gasteiger partial charge in [0.1, 0.15) is 18.0 Å². The van der Waals surface area contributed by atoms with Crippen LogP contribution in [0.25, 0.3) is 0 Å². The quantitative estimate of drug-likeness (QED) is 0.746. The molecule has 2 rings (SSSR count). The highest BCUT2D eigenvalue weighted by molar-refractivity contribution is 7.54. The SMILES string of the molecule is COP(=O)(OC)C1COc2ccccc21. The maximum Gasteiger partial charge on any atom is 0.341 e. The van der Waals surface area contributed by atoms with Crippen LogP contribution in [0.1, 0.15) is 11.2 Å². The van der Waals surface area contributed by atoms with Crippen LogP contribution in [0.4, 0.5) is 0 Å². The first-order valence-electron chi connectivity index (χ1n) is 4.64. The molecule has 1 aliphatic rings. The fourth-order valence-corrected chi connectivity index (χ4v) is 3.21. The number of para-hydroxylation sites is 1. The Morgan fingerprint density at radius 2 is 2.00 bits per heavy atom. The lowest BCUT2D eigenvalue weighted by Gasteiger charge is -2.19. The van der Waals surface area contributed by atoms with Crippen molar-refractivity contribution < 1.29 is 18.3 Å². The topological polar surface area (TPSA) is 44.8 Å². The van der Waals surface area contributed by atoms with Gasteiger partial charge in [0, 0.05) is 19.8 Å². The first-order valence-corrected chi connectivity index (χ1v) is 6.25. The molecular weight excluding hydrogens is 215 g/mol. The average molecular weight is 228 g/mol. The lowest BCUT2D eigenvalue weighted by atomic mass is 10.2. The third kappa shape index (κ3) is 1.69. The van der Waals surface area contributed by atoms with E-state index in [0.717, 1.165) is 11.3 Å². The molecule has 0 spiro atoms. The molecule has 0 bridgehead atoms. The second-order valence-electron chi connectivity index (χ2n) is 3.27. The summed E-state index contributed by atoms with van der Waals surface area (Å²) >= 11 is 0. The van der Waals surface area contributed by atoms with Gasteiger partial charge < -0.3 is 13.8 Å². The third-order valence-corrected chi connectivity index (χ3v) is 4.77. The lowest BCUT2D eigenvalue weighted by Crippen LogP contribution is -2.04. The van der Waals surface area contributed by atoms with E-state index in [0.29, 0.717) is 6.61 Å². The van der Waals surface area contributed by atoms with E-state index in [1.165, 1.54) is 14.2 Å². The van der Waals surface area contributed by atoms with Gasteiger partial charge in [-0.05, 0) is 6.07 Å². The summed E-state index contributed by atoms with van der Waals surface area (Å²) in [6.45, 7) is 0.346. The molecule has 0 fully saturated rings. The number of ether oxygens (including phenoxy) is 1. The fourth-order valence-electron chi connectivity index (χ4n) is 1.74. The molecule has 15 heavy (non-hydrogen) atoms. The normalized spacial score (nSPS) is 19.7. The number of benzene rings is 1. The van der Waals surface area contributed by atoms with E-state index in [9.17, 15) is 4.57 Å². The van der Waals surface area contributed by atoms with Crippen molar-refractivity contribution in [2.45, 2.75) is 5.66 Å². The van der Waals surface area contributed by atoms with Crippen molar-refractivity contribution in [3.8, 4) is 5.75 Å². The summed E-state index contributed by atoms with van der Waals surface area (Å²) in [6, 6.07) is 7.50. The zero-order valence-corrected chi connectivity index (χ0v) is 9.57. The van der Waals surface area contributed by atoms with Gasteiger partial charge in [-0.1, -0.05) is 18.2 Å². The Morgan fingerprint density at radius 3 is 2.67 bits per heavy atom. The van der Waals surface area contributed by atoms with Crippen molar-refractivity contribution in [2.75, 3.05) is 20.8 Å². The molecule has 82 valence electrons. The van der Waals surface area contributed by atoms with Crippen LogP contribution in [0.3, 0.4) is 0 Å². The van der Waals surface area contributed by atoms with E-state index in [-0.39, 0.29) is 5.66 Å². The molecule has 0 N–H and O–H groups in total. The van der Waals surface area contributed by atoms with Crippen molar-refractivity contribution in [2.24, 2.45) is 0 Å². The van der Waals surface area contributed by atoms with Crippen LogP contribution in [-0.2, 0) is 13.6 Å². The minimum Gasteiger partial charge on any atom is -0.492 e. The summed E-state index contributed by atoms with van der Waals surface area (Å²) in [4.78, 5) is 0. The predicted octanol–water partition coefficient (Wildman–Crippen LogP) is 2.61. The highest BCUT2D eigenvalue weighted by Gasteiger charge is 2.41. The summed E-state index contributed by atoms with van der Waals surface area (Å²) in [5, 5.41) is 0. The van der Waals surface area contributed by atoms with Crippen molar-refractivity contribution in [1.82, 2.24) is 0 Å². The molecule has 4 nitrogen and oxygen atoms in total. The smallest absolute Gasteiger partial charge is 0.341 e. The van der Waals surface area contributed by atoms with Crippen LogP contribution in [0.2, 0.25) is 0 Å². The fraction of sp³-hybridized carbons (Fsp3) is 0.400. The van der Waals surface area contributed by atoms with Gasteiger partial charge >= 0.3 is 7.60 Å². The summed E-state index contributed by atoms with van der Waals surface area (Å²) in [5.74, 6) is 0.761. The van der Waals surface area contributed by atoms with Crippen LogP contribution in [0.15, 0.2) is 24.3 Å². The van der Waals surface area contributed by atoms with Gasteiger partial charge in [-0.25, -0.2) is 0 Å². The average Bonchev–Trinajstić information content (AvgIpc) is 2.72. The Labute approximate surface area is 88.7 Å². The summed E-state index contributed by atoms with van der Waals surface area (Å²) < 4.78 is 27.6. The van der Waals surface area contributed by atoms with Gasteiger partial charge in [0.15, 0.2) is 0 Å². The van der Waals surface area contributed by atoms with E-state index in [2.05, 4.69) is 0 Å². The van der Waals surface area contributed by atoms with Crippen LogP contribution in [0.5, 0.6) is 5.75 Å². The van der Waals surface area contributed by atoms with Crippen LogP contribution < -0.4 is 4.74 Å². The van der Waals surface area contributed by atoms with Gasteiger partial charge in [0.2, 0.25) is 0 Å². The molecule has 1 unspecified atom stereocenters. The maximum absolute atomic E-state index is 12.2. The second kappa shape index (κ2) is 3.97. The highest BCUT2D eigenvalue weighted by Crippen LogP contribution is 2.63. The molecule has 0 saturated carbocycles. The zero-order valence-electron chi connectivity index (χ0n) is 8.67. The Morgan fingerprint density at radius 1 is 1.33 bits per heavy atom. The van der Waals surface area contributed by atoms with Gasteiger partial charge in [-0.15, -0.1) is 0 Å². The van der Waals surface area contributed by atoms with Crippen molar-refractivity contribution >= 4 is 7.60 Å². The van der Waals surface area contributed by atoms with E-state index in [1.807, 2.05) is 24.3 Å². The Kier molecular flexibility index (Phi) is 2.83. The van der Waals surface area contributed by atoms with Crippen LogP contribution in [0, 0.1) is 0 Å². The van der Waals surface area contributed by atoms with E-state index in [4.69, 9.17) is 13.8 Å². The minimum atomic E-state index is -3.09. The largest absolute Gasteiger partial charge is 0.492 e.